The molecule has 1 heterocycles. The number of nitrogens with zero attached hydrogens (tertiary/aromatic N) is 1. The highest BCUT2D eigenvalue weighted by molar-refractivity contribution is 8.13. The number of rotatable bonds is 3. The Kier molecular flexibility index (Phi) is 6.17. The van der Waals surface area contributed by atoms with Crippen LogP contribution in [0.2, 0.25) is 0 Å². The van der Waals surface area contributed by atoms with E-state index in [1.165, 1.54) is 11.8 Å². The minimum absolute atomic E-state index is 0.186. The zero-order valence-electron chi connectivity index (χ0n) is 12.4. The molecule has 0 N–H and O–H groups in total. The molecule has 0 bridgehead atoms. The van der Waals surface area contributed by atoms with Crippen LogP contribution in [0.15, 0.2) is 0 Å². The van der Waals surface area contributed by atoms with Crippen LogP contribution < -0.4 is 0 Å². The van der Waals surface area contributed by atoms with Gasteiger partial charge in [-0.05, 0) is 46.0 Å². The molecule has 0 aromatic carbocycles. The molecule has 4 nitrogen and oxygen atoms in total. The van der Waals surface area contributed by atoms with Crippen molar-refractivity contribution in [1.82, 2.24) is 4.90 Å². The largest absolute Gasteiger partial charge is 0.444 e. The predicted octanol–water partition coefficient (Wildman–Crippen LogP) is 3.30. The first-order chi connectivity index (χ1) is 8.78. The molecule has 1 saturated heterocycles. The van der Waals surface area contributed by atoms with Gasteiger partial charge in [0.1, 0.15) is 5.60 Å². The van der Waals surface area contributed by atoms with Crippen LogP contribution in [0.3, 0.4) is 0 Å². The van der Waals surface area contributed by atoms with Crippen molar-refractivity contribution in [2.75, 3.05) is 18.8 Å². The van der Waals surface area contributed by atoms with Crippen molar-refractivity contribution in [1.29, 1.82) is 0 Å². The zero-order chi connectivity index (χ0) is 14.5. The summed E-state index contributed by atoms with van der Waals surface area (Å²) in [5.74, 6) is 1.53. The number of hydrogen-bond acceptors (Lipinski definition) is 4. The number of carbonyl (C=O) groups is 2. The SMILES string of the molecule is CC(=O)SCCC1CCN(C(=O)OC(C)(C)C)CC1. The van der Waals surface area contributed by atoms with Gasteiger partial charge in [-0.15, -0.1) is 0 Å². The van der Waals surface area contributed by atoms with Gasteiger partial charge >= 0.3 is 6.09 Å². The Bertz CT molecular complexity index is 317. The summed E-state index contributed by atoms with van der Waals surface area (Å²) in [6.45, 7) is 8.80. The van der Waals surface area contributed by atoms with Crippen LogP contribution >= 0.6 is 11.8 Å². The van der Waals surface area contributed by atoms with E-state index >= 15 is 0 Å². The second-order valence-corrected chi connectivity index (χ2v) is 7.31. The Balaban J connectivity index is 2.25. The van der Waals surface area contributed by atoms with Gasteiger partial charge in [0.05, 0.1) is 0 Å². The Morgan fingerprint density at radius 3 is 2.32 bits per heavy atom. The lowest BCUT2D eigenvalue weighted by molar-refractivity contribution is -0.109. The fraction of sp³-hybridized carbons (Fsp3) is 0.857. The van der Waals surface area contributed by atoms with Crippen molar-refractivity contribution in [2.24, 2.45) is 5.92 Å². The zero-order valence-corrected chi connectivity index (χ0v) is 13.2. The smallest absolute Gasteiger partial charge is 0.410 e. The fourth-order valence-corrected chi connectivity index (χ4v) is 2.84. The number of ether oxygens (including phenoxy) is 1. The predicted molar refractivity (Wildman–Crippen MR) is 78.3 cm³/mol. The average molecular weight is 287 g/mol. The molecule has 1 aliphatic heterocycles. The normalized spacial score (nSPS) is 17.4. The molecule has 1 fully saturated rings. The van der Waals surface area contributed by atoms with Crippen molar-refractivity contribution in [2.45, 2.75) is 52.6 Å². The summed E-state index contributed by atoms with van der Waals surface area (Å²) in [6, 6.07) is 0. The molecule has 0 radical (unpaired) electrons. The third-order valence-electron chi connectivity index (χ3n) is 3.10. The van der Waals surface area contributed by atoms with Crippen molar-refractivity contribution in [3.8, 4) is 0 Å². The lowest BCUT2D eigenvalue weighted by atomic mass is 9.95. The minimum Gasteiger partial charge on any atom is -0.444 e. The Morgan fingerprint density at radius 1 is 1.26 bits per heavy atom. The maximum Gasteiger partial charge on any atom is 0.410 e. The molecular weight excluding hydrogens is 262 g/mol. The molecule has 0 spiro atoms. The topological polar surface area (TPSA) is 46.6 Å². The molecule has 110 valence electrons. The molecule has 19 heavy (non-hydrogen) atoms. The molecule has 5 heteroatoms. The summed E-state index contributed by atoms with van der Waals surface area (Å²) >= 11 is 1.40. The van der Waals surface area contributed by atoms with Gasteiger partial charge in [0, 0.05) is 25.8 Å². The van der Waals surface area contributed by atoms with Crippen LogP contribution in [0.4, 0.5) is 4.79 Å². The van der Waals surface area contributed by atoms with Crippen molar-refractivity contribution in [3.63, 3.8) is 0 Å². The first-order valence-corrected chi connectivity index (χ1v) is 7.88. The van der Waals surface area contributed by atoms with Gasteiger partial charge in [-0.1, -0.05) is 11.8 Å². The summed E-state index contributed by atoms with van der Waals surface area (Å²) in [5, 5.41) is 0.186. The summed E-state index contributed by atoms with van der Waals surface area (Å²) in [5.41, 5.74) is -0.425. The highest BCUT2D eigenvalue weighted by Crippen LogP contribution is 2.23. The monoisotopic (exact) mass is 287 g/mol. The van der Waals surface area contributed by atoms with E-state index in [0.29, 0.717) is 5.92 Å². The molecule has 0 aromatic rings. The Hall–Kier alpha value is -0.710. The van der Waals surface area contributed by atoms with E-state index < -0.39 is 5.60 Å². The van der Waals surface area contributed by atoms with Gasteiger partial charge in [0.15, 0.2) is 5.12 Å². The standard InChI is InChI=1S/C14H25NO3S/c1-11(16)19-10-7-12-5-8-15(9-6-12)13(17)18-14(2,3)4/h12H,5-10H2,1-4H3. The summed E-state index contributed by atoms with van der Waals surface area (Å²) in [7, 11) is 0. The van der Waals surface area contributed by atoms with E-state index in [1.807, 2.05) is 20.8 Å². The van der Waals surface area contributed by atoms with E-state index in [9.17, 15) is 9.59 Å². The minimum atomic E-state index is -0.425. The summed E-state index contributed by atoms with van der Waals surface area (Å²) in [4.78, 5) is 24.5. The quantitative estimate of drug-likeness (QED) is 0.799. The van der Waals surface area contributed by atoms with Gasteiger partial charge in [-0.3, -0.25) is 4.79 Å². The second-order valence-electron chi connectivity index (χ2n) is 6.04. The van der Waals surface area contributed by atoms with Gasteiger partial charge in [-0.2, -0.15) is 0 Å². The lowest BCUT2D eigenvalue weighted by Gasteiger charge is -2.33. The van der Waals surface area contributed by atoms with E-state index in [-0.39, 0.29) is 11.2 Å². The highest BCUT2D eigenvalue weighted by Gasteiger charge is 2.26. The molecule has 1 rings (SSSR count). The van der Waals surface area contributed by atoms with Crippen LogP contribution in [0.5, 0.6) is 0 Å². The van der Waals surface area contributed by atoms with Crippen molar-refractivity contribution < 1.29 is 14.3 Å². The molecule has 1 aliphatic rings. The van der Waals surface area contributed by atoms with Crippen LogP contribution in [0, 0.1) is 5.92 Å². The van der Waals surface area contributed by atoms with Gasteiger partial charge < -0.3 is 9.64 Å². The number of piperidine rings is 1. The van der Waals surface area contributed by atoms with Gasteiger partial charge in [0.25, 0.3) is 0 Å². The molecule has 1 amide bonds. The number of amides is 1. The van der Waals surface area contributed by atoms with Crippen molar-refractivity contribution >= 4 is 23.0 Å². The number of likely N-dealkylation sites (tertiary alicyclic amines) is 1. The second kappa shape index (κ2) is 7.17. The lowest BCUT2D eigenvalue weighted by Crippen LogP contribution is -2.41. The fourth-order valence-electron chi connectivity index (χ4n) is 2.10. The van der Waals surface area contributed by atoms with Crippen LogP contribution in [0.25, 0.3) is 0 Å². The van der Waals surface area contributed by atoms with Crippen LogP contribution in [-0.4, -0.2) is 40.6 Å². The first-order valence-electron chi connectivity index (χ1n) is 6.89. The van der Waals surface area contributed by atoms with E-state index in [0.717, 1.165) is 38.1 Å². The summed E-state index contributed by atoms with van der Waals surface area (Å²) < 4.78 is 5.36. The number of thioether (sulfide) groups is 1. The molecule has 0 aromatic heterocycles. The number of hydrogen-bond donors (Lipinski definition) is 0. The average Bonchev–Trinajstić information content (AvgIpc) is 2.27. The third kappa shape index (κ3) is 6.85. The Labute approximate surface area is 120 Å². The maximum atomic E-state index is 11.9. The maximum absolute atomic E-state index is 11.9. The van der Waals surface area contributed by atoms with Crippen LogP contribution in [0.1, 0.15) is 47.0 Å². The highest BCUT2D eigenvalue weighted by atomic mass is 32.2. The number of carbonyl (C=O) groups excluding carboxylic acids is 2. The summed E-state index contributed by atoms with van der Waals surface area (Å²) in [6.07, 6.45) is 2.88. The van der Waals surface area contributed by atoms with E-state index in [2.05, 4.69) is 0 Å². The molecule has 0 saturated carbocycles. The third-order valence-corrected chi connectivity index (χ3v) is 3.94. The van der Waals surface area contributed by atoms with E-state index in [4.69, 9.17) is 4.74 Å². The molecular formula is C14H25NO3S. The van der Waals surface area contributed by atoms with E-state index in [1.54, 1.807) is 11.8 Å². The molecule has 0 atom stereocenters. The van der Waals surface area contributed by atoms with Crippen LogP contribution in [-0.2, 0) is 9.53 Å². The van der Waals surface area contributed by atoms with Crippen molar-refractivity contribution in [3.05, 3.63) is 0 Å². The Morgan fingerprint density at radius 2 is 1.84 bits per heavy atom. The molecule has 0 aliphatic carbocycles. The van der Waals surface area contributed by atoms with Gasteiger partial charge in [0.2, 0.25) is 0 Å². The molecule has 0 unspecified atom stereocenters. The first kappa shape index (κ1) is 16.3. The van der Waals surface area contributed by atoms with Gasteiger partial charge in [-0.25, -0.2) is 4.79 Å².